The predicted octanol–water partition coefficient (Wildman–Crippen LogP) is 6.42. The van der Waals surface area contributed by atoms with Gasteiger partial charge in [0.2, 0.25) is 0 Å². The van der Waals surface area contributed by atoms with E-state index in [0.29, 0.717) is 13.2 Å². The van der Waals surface area contributed by atoms with Crippen molar-refractivity contribution in [1.29, 1.82) is 0 Å². The molecule has 1 aliphatic rings. The minimum absolute atomic E-state index is 0.0622. The van der Waals surface area contributed by atoms with Crippen LogP contribution < -0.4 is 4.74 Å². The molecule has 0 spiro atoms. The SMILES string of the molecule is CC(Oc1cccc([S+](c2ccccc2)c2ccc(C3(C)OCCCCCO3)cc2)c1)C(F)(F)S(=O)(=O)O. The number of halogens is 2. The smallest absolute Gasteiger partial charge is 0.405 e. The molecule has 0 amide bonds. The first-order valence-corrected chi connectivity index (χ1v) is 15.0. The van der Waals surface area contributed by atoms with Gasteiger partial charge in [-0.15, -0.1) is 0 Å². The summed E-state index contributed by atoms with van der Waals surface area (Å²) in [5, 5.41) is -4.46. The summed E-state index contributed by atoms with van der Waals surface area (Å²) < 4.78 is 76.8. The third-order valence-corrected chi connectivity index (χ3v) is 9.54. The molecule has 1 aliphatic heterocycles. The van der Waals surface area contributed by atoms with Gasteiger partial charge in [0.25, 0.3) is 0 Å². The van der Waals surface area contributed by atoms with Crippen LogP contribution in [0.1, 0.15) is 38.7 Å². The van der Waals surface area contributed by atoms with E-state index >= 15 is 0 Å². The number of benzene rings is 3. The van der Waals surface area contributed by atoms with Crippen molar-refractivity contribution in [2.24, 2.45) is 0 Å². The van der Waals surface area contributed by atoms with Crippen LogP contribution in [0.4, 0.5) is 8.78 Å². The third kappa shape index (κ3) is 6.38. The normalized spacial score (nSPS) is 18.1. The zero-order valence-electron chi connectivity index (χ0n) is 21.2. The topological polar surface area (TPSA) is 82.1 Å². The van der Waals surface area contributed by atoms with E-state index in [-0.39, 0.29) is 5.75 Å². The zero-order chi connectivity index (χ0) is 27.4. The highest BCUT2D eigenvalue weighted by Crippen LogP contribution is 2.36. The molecule has 2 unspecified atom stereocenters. The molecule has 10 heteroatoms. The van der Waals surface area contributed by atoms with Gasteiger partial charge >= 0.3 is 15.4 Å². The highest BCUT2D eigenvalue weighted by Gasteiger charge is 2.51. The van der Waals surface area contributed by atoms with Crippen molar-refractivity contribution >= 4 is 21.0 Å². The minimum Gasteiger partial charge on any atom is -0.483 e. The number of ether oxygens (including phenoxy) is 3. The lowest BCUT2D eigenvalue weighted by molar-refractivity contribution is -0.241. The zero-order valence-corrected chi connectivity index (χ0v) is 22.8. The molecule has 1 N–H and O–H groups in total. The Morgan fingerprint density at radius 3 is 2.08 bits per heavy atom. The summed E-state index contributed by atoms with van der Waals surface area (Å²) in [6, 6.07) is 24.3. The van der Waals surface area contributed by atoms with Crippen LogP contribution >= 0.6 is 0 Å². The predicted molar refractivity (Wildman–Crippen MR) is 141 cm³/mol. The molecule has 0 aliphatic carbocycles. The molecule has 0 saturated carbocycles. The summed E-state index contributed by atoms with van der Waals surface area (Å²) in [6.07, 6.45) is 0.947. The maximum atomic E-state index is 14.1. The number of rotatable bonds is 8. The average molecular weight is 566 g/mol. The quantitative estimate of drug-likeness (QED) is 0.251. The van der Waals surface area contributed by atoms with Crippen LogP contribution in [0.15, 0.2) is 93.5 Å². The Morgan fingerprint density at radius 1 is 0.895 bits per heavy atom. The Bertz CT molecular complexity index is 1310. The van der Waals surface area contributed by atoms with Gasteiger partial charge in [0, 0.05) is 11.6 Å². The van der Waals surface area contributed by atoms with Gasteiger partial charge in [0.05, 0.1) is 24.1 Å². The molecule has 2 atom stereocenters. The fraction of sp³-hybridized carbons (Fsp3) is 0.357. The van der Waals surface area contributed by atoms with E-state index in [1.165, 1.54) is 6.07 Å². The average Bonchev–Trinajstić information content (AvgIpc) is 2.87. The lowest BCUT2D eigenvalue weighted by Gasteiger charge is -2.32. The van der Waals surface area contributed by atoms with E-state index < -0.39 is 38.2 Å². The Morgan fingerprint density at radius 2 is 1.47 bits per heavy atom. The number of hydrogen-bond acceptors (Lipinski definition) is 5. The molecule has 1 saturated heterocycles. The molecule has 3 aromatic rings. The standard InChI is InChI=1S/C28H30F2O6S2/c1-21(28(29,30)38(31,32)33)36-23-10-9-13-26(20-23)37(24-11-5-3-6-12-24)25-16-14-22(15-17-25)27(2)34-18-7-4-8-19-35-27/h3,5-6,9-17,20-21H,4,7-8,18-19H2,1-2H3/p+1. The monoisotopic (exact) mass is 565 g/mol. The maximum absolute atomic E-state index is 14.1. The van der Waals surface area contributed by atoms with E-state index in [9.17, 15) is 17.2 Å². The Hall–Kier alpha value is -2.50. The van der Waals surface area contributed by atoms with E-state index in [1.54, 1.807) is 12.1 Å². The fourth-order valence-corrected chi connectivity index (χ4v) is 6.71. The molecule has 1 heterocycles. The molecule has 38 heavy (non-hydrogen) atoms. The van der Waals surface area contributed by atoms with Crippen LogP contribution in [0.2, 0.25) is 0 Å². The van der Waals surface area contributed by atoms with Gasteiger partial charge in [0.1, 0.15) is 5.75 Å². The van der Waals surface area contributed by atoms with Gasteiger partial charge in [-0.05, 0) is 81.6 Å². The van der Waals surface area contributed by atoms with Crippen LogP contribution in [-0.2, 0) is 36.3 Å². The van der Waals surface area contributed by atoms with Crippen molar-refractivity contribution in [2.45, 2.75) is 64.9 Å². The van der Waals surface area contributed by atoms with Crippen LogP contribution in [0.3, 0.4) is 0 Å². The van der Waals surface area contributed by atoms with E-state index in [4.69, 9.17) is 18.8 Å². The second-order valence-corrected chi connectivity index (χ2v) is 12.6. The molecular weight excluding hydrogens is 534 g/mol. The van der Waals surface area contributed by atoms with Crippen molar-refractivity contribution in [2.75, 3.05) is 13.2 Å². The van der Waals surface area contributed by atoms with Crippen LogP contribution in [0, 0.1) is 0 Å². The highest BCUT2D eigenvalue weighted by atomic mass is 32.2. The Kier molecular flexibility index (Phi) is 8.78. The van der Waals surface area contributed by atoms with Crippen LogP contribution in [-0.4, -0.2) is 37.5 Å². The summed E-state index contributed by atoms with van der Waals surface area (Å²) >= 11 is 0. The van der Waals surface area contributed by atoms with Gasteiger partial charge in [-0.3, -0.25) is 4.55 Å². The van der Waals surface area contributed by atoms with Gasteiger partial charge in [-0.25, -0.2) is 0 Å². The van der Waals surface area contributed by atoms with Gasteiger partial charge < -0.3 is 14.2 Å². The van der Waals surface area contributed by atoms with Crippen molar-refractivity contribution in [3.8, 4) is 5.75 Å². The highest BCUT2D eigenvalue weighted by molar-refractivity contribution is 7.97. The van der Waals surface area contributed by atoms with E-state index in [2.05, 4.69) is 0 Å². The molecule has 1 fully saturated rings. The summed E-state index contributed by atoms with van der Waals surface area (Å²) in [6.45, 7) is 4.06. The van der Waals surface area contributed by atoms with Crippen molar-refractivity contribution in [1.82, 2.24) is 0 Å². The molecule has 0 bridgehead atoms. The molecule has 204 valence electrons. The number of hydrogen-bond donors (Lipinski definition) is 1. The first-order valence-electron chi connectivity index (χ1n) is 12.3. The lowest BCUT2D eigenvalue weighted by Crippen LogP contribution is -2.42. The summed E-state index contributed by atoms with van der Waals surface area (Å²) in [5.74, 6) is -0.779. The third-order valence-electron chi connectivity index (χ3n) is 6.31. The Balaban J connectivity index is 1.66. The first kappa shape index (κ1) is 28.5. The molecule has 4 rings (SSSR count). The van der Waals surface area contributed by atoms with Gasteiger partial charge in [-0.2, -0.15) is 17.2 Å². The molecule has 0 aromatic heterocycles. The largest absolute Gasteiger partial charge is 0.483 e. The van der Waals surface area contributed by atoms with Crippen molar-refractivity contribution < 1.29 is 36.0 Å². The molecule has 0 radical (unpaired) electrons. The van der Waals surface area contributed by atoms with Gasteiger partial charge in [0.15, 0.2) is 26.6 Å². The van der Waals surface area contributed by atoms with Crippen LogP contribution in [0.5, 0.6) is 5.75 Å². The Labute approximate surface area is 225 Å². The maximum Gasteiger partial charge on any atom is 0.405 e. The molecule has 6 nitrogen and oxygen atoms in total. The second kappa shape index (κ2) is 11.7. The molecule has 3 aromatic carbocycles. The van der Waals surface area contributed by atoms with Gasteiger partial charge in [-0.1, -0.05) is 24.3 Å². The summed E-state index contributed by atoms with van der Waals surface area (Å²) in [5.41, 5.74) is 0.901. The van der Waals surface area contributed by atoms with Crippen LogP contribution in [0.25, 0.3) is 0 Å². The van der Waals surface area contributed by atoms with E-state index in [1.807, 2.05) is 67.6 Å². The van der Waals surface area contributed by atoms with E-state index in [0.717, 1.165) is 46.4 Å². The fourth-order valence-electron chi connectivity index (χ4n) is 4.14. The van der Waals surface area contributed by atoms with Crippen molar-refractivity contribution in [3.05, 3.63) is 84.4 Å². The van der Waals surface area contributed by atoms with Crippen molar-refractivity contribution in [3.63, 3.8) is 0 Å². The second-order valence-electron chi connectivity index (χ2n) is 9.12. The first-order chi connectivity index (χ1) is 18.0. The summed E-state index contributed by atoms with van der Waals surface area (Å²) in [7, 11) is -6.26. The lowest BCUT2D eigenvalue weighted by atomic mass is 10.1. The summed E-state index contributed by atoms with van der Waals surface area (Å²) in [4.78, 5) is 2.76. The molecular formula is C28H31F2O6S2+. The minimum atomic E-state index is -5.63. The number of alkyl halides is 2.